The van der Waals surface area contributed by atoms with Gasteiger partial charge < -0.3 is 9.32 Å². The van der Waals surface area contributed by atoms with Crippen molar-refractivity contribution in [3.63, 3.8) is 0 Å². The molecule has 1 saturated heterocycles. The Morgan fingerprint density at radius 2 is 1.73 bits per heavy atom. The van der Waals surface area contributed by atoms with E-state index in [0.717, 1.165) is 38.4 Å². The van der Waals surface area contributed by atoms with Gasteiger partial charge in [-0.25, -0.2) is 4.98 Å². The summed E-state index contributed by atoms with van der Waals surface area (Å²) in [6.07, 6.45) is -2.71. The predicted octanol–water partition coefficient (Wildman–Crippen LogP) is 4.99. The minimum atomic E-state index is -4.64. The summed E-state index contributed by atoms with van der Waals surface area (Å²) in [4.78, 5) is 40.9. The highest BCUT2D eigenvalue weighted by Gasteiger charge is 2.45. The topological polar surface area (TPSA) is 82.8 Å². The number of hydrogen-bond acceptors (Lipinski definition) is 7. The fraction of sp³-hybridized carbons (Fsp3) is 0.448. The third kappa shape index (κ3) is 5.34. The predicted molar refractivity (Wildman–Crippen MR) is 143 cm³/mol. The van der Waals surface area contributed by atoms with E-state index in [0.29, 0.717) is 28.9 Å². The summed E-state index contributed by atoms with van der Waals surface area (Å²) >= 11 is 0. The Kier molecular flexibility index (Phi) is 7.20. The molecule has 3 aromatic rings. The van der Waals surface area contributed by atoms with Crippen LogP contribution in [-0.4, -0.2) is 64.3 Å². The van der Waals surface area contributed by atoms with Crippen LogP contribution in [0.2, 0.25) is 0 Å². The molecule has 5 rings (SSSR count). The number of piperazine rings is 1. The average molecular weight is 556 g/mol. The molecule has 8 nitrogen and oxygen atoms in total. The number of carbonyl (C=O) groups excluding carboxylic acids is 2. The smallest absolute Gasteiger partial charge is 0.432 e. The Morgan fingerprint density at radius 1 is 1.00 bits per heavy atom. The molecule has 1 aromatic carbocycles. The maximum absolute atomic E-state index is 13.6. The summed E-state index contributed by atoms with van der Waals surface area (Å²) in [5.41, 5.74) is 1.89. The molecule has 212 valence electrons. The van der Waals surface area contributed by atoms with E-state index < -0.39 is 23.3 Å². The van der Waals surface area contributed by atoms with Crippen molar-refractivity contribution in [2.45, 2.75) is 45.8 Å². The van der Waals surface area contributed by atoms with E-state index in [1.807, 2.05) is 26.0 Å². The van der Waals surface area contributed by atoms with Crippen LogP contribution >= 0.6 is 0 Å². The molecule has 2 aliphatic rings. The molecule has 2 aliphatic heterocycles. The van der Waals surface area contributed by atoms with Crippen LogP contribution in [0.25, 0.3) is 11.5 Å². The molecule has 1 fully saturated rings. The average Bonchev–Trinajstić information content (AvgIpc) is 3.42. The normalized spacial score (nSPS) is 18.0. The van der Waals surface area contributed by atoms with E-state index in [2.05, 4.69) is 33.6 Å². The highest BCUT2D eigenvalue weighted by atomic mass is 19.4. The molecule has 0 radical (unpaired) electrons. The van der Waals surface area contributed by atoms with Gasteiger partial charge in [-0.1, -0.05) is 13.8 Å². The lowest BCUT2D eigenvalue weighted by Crippen LogP contribution is -2.51. The van der Waals surface area contributed by atoms with Crippen molar-refractivity contribution in [1.82, 2.24) is 19.8 Å². The zero-order valence-electron chi connectivity index (χ0n) is 23.0. The molecule has 0 aliphatic carbocycles. The van der Waals surface area contributed by atoms with Crippen LogP contribution in [0.3, 0.4) is 0 Å². The fourth-order valence-corrected chi connectivity index (χ4v) is 5.32. The molecule has 0 N–H and O–H groups in total. The van der Waals surface area contributed by atoms with Crippen molar-refractivity contribution >= 4 is 17.5 Å². The van der Waals surface area contributed by atoms with Crippen LogP contribution in [0.4, 0.5) is 18.9 Å². The molecule has 0 saturated carbocycles. The molecule has 0 unspecified atom stereocenters. The lowest BCUT2D eigenvalue weighted by Gasteiger charge is -2.40. The van der Waals surface area contributed by atoms with Crippen LogP contribution in [-0.2, 0) is 22.9 Å². The van der Waals surface area contributed by atoms with E-state index in [4.69, 9.17) is 4.42 Å². The van der Waals surface area contributed by atoms with Gasteiger partial charge in [-0.3, -0.25) is 24.4 Å². The third-order valence-electron chi connectivity index (χ3n) is 7.47. The van der Waals surface area contributed by atoms with Gasteiger partial charge in [0.25, 0.3) is 5.91 Å². The van der Waals surface area contributed by atoms with Gasteiger partial charge in [-0.15, -0.1) is 0 Å². The SMILES string of the molecule is CC(C)CN1CCN(c2ccc3c(c2)C(C)(C)C(=O)N(Cc2ccc(-c4ncc(C(F)(F)F)o4)cn2)C3=O)CC1. The lowest BCUT2D eigenvalue weighted by molar-refractivity contribution is -0.152. The lowest BCUT2D eigenvalue weighted by atomic mass is 9.77. The van der Waals surface area contributed by atoms with E-state index in [-0.39, 0.29) is 23.9 Å². The minimum Gasteiger partial charge on any atom is -0.432 e. The number of anilines is 1. The van der Waals surface area contributed by atoms with E-state index in [1.54, 1.807) is 6.07 Å². The highest BCUT2D eigenvalue weighted by Crippen LogP contribution is 2.38. The molecule has 0 atom stereocenters. The number of carbonyl (C=O) groups is 2. The first kappa shape index (κ1) is 27.8. The van der Waals surface area contributed by atoms with Crippen molar-refractivity contribution in [1.29, 1.82) is 0 Å². The fourth-order valence-electron chi connectivity index (χ4n) is 5.32. The Labute approximate surface area is 230 Å². The minimum absolute atomic E-state index is 0.0697. The van der Waals surface area contributed by atoms with Gasteiger partial charge in [0.1, 0.15) is 0 Å². The zero-order valence-corrected chi connectivity index (χ0v) is 23.0. The Morgan fingerprint density at radius 3 is 2.33 bits per heavy atom. The van der Waals surface area contributed by atoms with Crippen LogP contribution in [0.1, 0.15) is 55.1 Å². The number of rotatable bonds is 6. The van der Waals surface area contributed by atoms with Gasteiger partial charge in [-0.2, -0.15) is 13.2 Å². The van der Waals surface area contributed by atoms with Gasteiger partial charge in [0.2, 0.25) is 17.6 Å². The van der Waals surface area contributed by atoms with Crippen LogP contribution in [0.5, 0.6) is 0 Å². The number of hydrogen-bond donors (Lipinski definition) is 0. The van der Waals surface area contributed by atoms with E-state index >= 15 is 0 Å². The van der Waals surface area contributed by atoms with Crippen molar-refractivity contribution in [2.75, 3.05) is 37.6 Å². The molecule has 0 spiro atoms. The summed E-state index contributed by atoms with van der Waals surface area (Å²) in [5.74, 6) is -1.54. The van der Waals surface area contributed by atoms with Gasteiger partial charge in [0.05, 0.1) is 29.4 Å². The number of fused-ring (bicyclic) bond motifs is 1. The number of aromatic nitrogens is 2. The standard InChI is InChI=1S/C29H32F3N5O3/c1-18(2)16-35-9-11-36(12-10-35)21-7-8-22-23(13-21)28(3,4)27(39)37(26(22)38)17-20-6-5-19(14-33-20)25-34-15-24(40-25)29(30,31)32/h5-8,13-15,18H,9-12,16-17H2,1-4H3. The number of benzene rings is 1. The summed E-state index contributed by atoms with van der Waals surface area (Å²) in [5, 5.41) is 0. The molecular formula is C29H32F3N5O3. The third-order valence-corrected chi connectivity index (χ3v) is 7.47. The van der Waals surface area contributed by atoms with Gasteiger partial charge in [0.15, 0.2) is 0 Å². The second kappa shape index (κ2) is 10.3. The summed E-state index contributed by atoms with van der Waals surface area (Å²) in [6, 6.07) is 8.75. The van der Waals surface area contributed by atoms with Crippen molar-refractivity contribution < 1.29 is 27.2 Å². The van der Waals surface area contributed by atoms with Crippen molar-refractivity contribution in [3.05, 3.63) is 65.3 Å². The zero-order chi connectivity index (χ0) is 28.8. The molecular weight excluding hydrogens is 523 g/mol. The molecule has 4 heterocycles. The highest BCUT2D eigenvalue weighted by molar-refractivity contribution is 6.13. The van der Waals surface area contributed by atoms with Gasteiger partial charge >= 0.3 is 6.18 Å². The number of alkyl halides is 3. The van der Waals surface area contributed by atoms with Gasteiger partial charge in [0, 0.05) is 50.2 Å². The van der Waals surface area contributed by atoms with Crippen molar-refractivity contribution in [3.8, 4) is 11.5 Å². The van der Waals surface area contributed by atoms with Crippen LogP contribution in [0.15, 0.2) is 47.1 Å². The van der Waals surface area contributed by atoms with Gasteiger partial charge in [-0.05, 0) is 55.7 Å². The van der Waals surface area contributed by atoms with Crippen LogP contribution in [0, 0.1) is 5.92 Å². The number of nitrogens with zero attached hydrogens (tertiary/aromatic N) is 5. The molecule has 40 heavy (non-hydrogen) atoms. The first-order chi connectivity index (χ1) is 18.8. The number of oxazole rings is 1. The second-order valence-corrected chi connectivity index (χ2v) is 11.3. The van der Waals surface area contributed by atoms with E-state index in [1.165, 1.54) is 23.2 Å². The Bertz CT molecular complexity index is 1410. The maximum atomic E-state index is 13.6. The summed E-state index contributed by atoms with van der Waals surface area (Å²) in [6.45, 7) is 12.8. The van der Waals surface area contributed by atoms with Crippen molar-refractivity contribution in [2.24, 2.45) is 5.92 Å². The molecule has 11 heteroatoms. The Hall–Kier alpha value is -3.73. The first-order valence-electron chi connectivity index (χ1n) is 13.3. The summed E-state index contributed by atoms with van der Waals surface area (Å²) < 4.78 is 43.3. The largest absolute Gasteiger partial charge is 0.451 e. The number of amides is 2. The number of pyridine rings is 1. The first-order valence-corrected chi connectivity index (χ1v) is 13.3. The molecule has 0 bridgehead atoms. The quantitative estimate of drug-likeness (QED) is 0.396. The molecule has 2 aromatic heterocycles. The Balaban J connectivity index is 1.32. The summed E-state index contributed by atoms with van der Waals surface area (Å²) in [7, 11) is 0. The second-order valence-electron chi connectivity index (χ2n) is 11.3. The van der Waals surface area contributed by atoms with E-state index in [9.17, 15) is 22.8 Å². The monoisotopic (exact) mass is 555 g/mol. The van der Waals surface area contributed by atoms with Crippen LogP contribution < -0.4 is 4.90 Å². The maximum Gasteiger partial charge on any atom is 0.451 e. The number of halogens is 3. The molecule has 2 amide bonds. The number of imide groups is 1.